The summed E-state index contributed by atoms with van der Waals surface area (Å²) in [4.78, 5) is 7.08. The highest BCUT2D eigenvalue weighted by Gasteiger charge is 2.24. The standard InChI is InChI=1S/C14H21N3O3S.ClH/c1-6-17(7-2)14-15-10-8-11(19-3)12(20-4)9-13(10)21(5,18)16-14;/h8-9H,6-7H2,1-5H3;1H. The van der Waals surface area contributed by atoms with Crippen molar-refractivity contribution in [3.8, 4) is 11.5 Å². The van der Waals surface area contributed by atoms with Crippen molar-refractivity contribution >= 4 is 33.8 Å². The first kappa shape index (κ1) is 18.6. The summed E-state index contributed by atoms with van der Waals surface area (Å²) in [5.74, 6) is 1.60. The summed E-state index contributed by atoms with van der Waals surface area (Å²) < 4.78 is 27.8. The van der Waals surface area contributed by atoms with E-state index >= 15 is 0 Å². The van der Waals surface area contributed by atoms with Crippen LogP contribution in [0.25, 0.3) is 0 Å². The van der Waals surface area contributed by atoms with Gasteiger partial charge in [0.05, 0.1) is 34.5 Å². The summed E-state index contributed by atoms with van der Waals surface area (Å²) in [6.07, 6.45) is 1.62. The van der Waals surface area contributed by atoms with E-state index in [-0.39, 0.29) is 12.4 Å². The Bertz CT molecular complexity index is 693. The summed E-state index contributed by atoms with van der Waals surface area (Å²) >= 11 is 0. The lowest BCUT2D eigenvalue weighted by atomic mass is 10.2. The molecule has 1 atom stereocenters. The quantitative estimate of drug-likeness (QED) is 0.840. The van der Waals surface area contributed by atoms with Crippen LogP contribution in [0.15, 0.2) is 26.4 Å². The molecule has 0 amide bonds. The monoisotopic (exact) mass is 347 g/mol. The maximum atomic E-state index is 12.9. The number of halogens is 1. The van der Waals surface area contributed by atoms with Crippen molar-refractivity contribution in [3.63, 3.8) is 0 Å². The second kappa shape index (κ2) is 7.19. The molecule has 1 aliphatic rings. The van der Waals surface area contributed by atoms with Crippen LogP contribution >= 0.6 is 12.4 Å². The van der Waals surface area contributed by atoms with Crippen LogP contribution in [0.2, 0.25) is 0 Å². The Kier molecular flexibility index (Phi) is 6.08. The van der Waals surface area contributed by atoms with Crippen LogP contribution in [0.3, 0.4) is 0 Å². The number of guanidine groups is 1. The molecule has 124 valence electrons. The van der Waals surface area contributed by atoms with E-state index in [1.165, 1.54) is 0 Å². The lowest BCUT2D eigenvalue weighted by molar-refractivity contribution is 0.354. The smallest absolute Gasteiger partial charge is 0.234 e. The first-order chi connectivity index (χ1) is 9.96. The Hall–Kier alpha value is -1.47. The number of fused-ring (bicyclic) bond motifs is 1. The van der Waals surface area contributed by atoms with Gasteiger partial charge in [-0.25, -0.2) is 9.20 Å². The summed E-state index contributed by atoms with van der Waals surface area (Å²) in [5.41, 5.74) is 0.622. The minimum atomic E-state index is -2.55. The number of nitrogens with zero attached hydrogens (tertiary/aromatic N) is 3. The molecule has 0 aliphatic carbocycles. The molecule has 1 heterocycles. The maximum absolute atomic E-state index is 12.9. The molecule has 22 heavy (non-hydrogen) atoms. The molecule has 0 radical (unpaired) electrons. The fraction of sp³-hybridized carbons (Fsp3) is 0.500. The van der Waals surface area contributed by atoms with Gasteiger partial charge < -0.3 is 14.4 Å². The van der Waals surface area contributed by atoms with E-state index < -0.39 is 9.73 Å². The van der Waals surface area contributed by atoms with Crippen molar-refractivity contribution in [1.82, 2.24) is 4.90 Å². The molecule has 1 unspecified atom stereocenters. The molecule has 0 aromatic heterocycles. The third-order valence-electron chi connectivity index (χ3n) is 3.40. The minimum absolute atomic E-state index is 0. The van der Waals surface area contributed by atoms with Gasteiger partial charge in [-0.1, -0.05) is 0 Å². The fourth-order valence-electron chi connectivity index (χ4n) is 2.21. The van der Waals surface area contributed by atoms with Crippen LogP contribution < -0.4 is 9.47 Å². The maximum Gasteiger partial charge on any atom is 0.234 e. The van der Waals surface area contributed by atoms with Crippen LogP contribution in [0, 0.1) is 0 Å². The first-order valence-corrected chi connectivity index (χ1v) is 8.71. The van der Waals surface area contributed by atoms with Gasteiger partial charge in [0.2, 0.25) is 5.96 Å². The van der Waals surface area contributed by atoms with Crippen molar-refractivity contribution < 1.29 is 13.7 Å². The Labute approximate surface area is 138 Å². The van der Waals surface area contributed by atoms with E-state index in [0.29, 0.717) is 28.0 Å². The zero-order chi connectivity index (χ0) is 15.6. The van der Waals surface area contributed by atoms with Crippen molar-refractivity contribution in [3.05, 3.63) is 12.1 Å². The van der Waals surface area contributed by atoms with E-state index in [4.69, 9.17) is 9.47 Å². The van der Waals surface area contributed by atoms with Gasteiger partial charge in [-0.15, -0.1) is 12.4 Å². The highest BCUT2D eigenvalue weighted by molar-refractivity contribution is 7.93. The predicted molar refractivity (Wildman–Crippen MR) is 91.6 cm³/mol. The van der Waals surface area contributed by atoms with Gasteiger partial charge in [-0.3, -0.25) is 0 Å². The van der Waals surface area contributed by atoms with E-state index in [1.54, 1.807) is 32.6 Å². The molecule has 8 heteroatoms. The lowest BCUT2D eigenvalue weighted by Crippen LogP contribution is -2.31. The third kappa shape index (κ3) is 3.30. The molecule has 0 saturated heterocycles. The Morgan fingerprint density at radius 3 is 2.18 bits per heavy atom. The molecule has 1 aromatic carbocycles. The number of benzene rings is 1. The van der Waals surface area contributed by atoms with Crippen molar-refractivity contribution in [2.24, 2.45) is 9.36 Å². The summed E-state index contributed by atoms with van der Waals surface area (Å²) in [5, 5.41) is 0. The van der Waals surface area contributed by atoms with E-state index in [1.807, 2.05) is 18.7 Å². The molecule has 6 nitrogen and oxygen atoms in total. The van der Waals surface area contributed by atoms with Crippen molar-refractivity contribution in [1.29, 1.82) is 0 Å². The highest BCUT2D eigenvalue weighted by Crippen LogP contribution is 2.39. The van der Waals surface area contributed by atoms with Crippen molar-refractivity contribution in [2.45, 2.75) is 18.7 Å². The van der Waals surface area contributed by atoms with Crippen LogP contribution in [0.5, 0.6) is 11.5 Å². The SMILES string of the molecule is CCN(CC)C1=Nc2cc(OC)c(OC)cc2S(C)(=O)=N1.Cl. The molecule has 0 spiro atoms. The number of hydrogen-bond acceptors (Lipinski definition) is 6. The minimum Gasteiger partial charge on any atom is -0.493 e. The Morgan fingerprint density at radius 2 is 1.68 bits per heavy atom. The van der Waals surface area contributed by atoms with Gasteiger partial charge in [-0.2, -0.15) is 4.36 Å². The normalized spacial score (nSPS) is 19.2. The highest BCUT2D eigenvalue weighted by atomic mass is 35.5. The van der Waals surface area contributed by atoms with Crippen molar-refractivity contribution in [2.75, 3.05) is 33.6 Å². The molecule has 1 aliphatic heterocycles. The second-order valence-corrected chi connectivity index (χ2v) is 6.88. The molecule has 0 fully saturated rings. The molecular formula is C14H22ClN3O3S. The fourth-order valence-corrected chi connectivity index (χ4v) is 3.59. The lowest BCUT2D eigenvalue weighted by Gasteiger charge is -2.24. The van der Waals surface area contributed by atoms with Crippen LogP contribution in [0.1, 0.15) is 13.8 Å². The number of rotatable bonds is 4. The summed E-state index contributed by atoms with van der Waals surface area (Å²) in [7, 11) is 0.566. The first-order valence-electron chi connectivity index (χ1n) is 6.78. The van der Waals surface area contributed by atoms with E-state index in [0.717, 1.165) is 13.1 Å². The van der Waals surface area contributed by atoms with Gasteiger partial charge in [0, 0.05) is 31.5 Å². The molecule has 0 saturated carbocycles. The summed E-state index contributed by atoms with van der Waals surface area (Å²) in [6.45, 7) is 5.56. The molecular weight excluding hydrogens is 326 g/mol. The molecule has 2 rings (SSSR count). The van der Waals surface area contributed by atoms with Crippen LogP contribution in [-0.4, -0.2) is 48.6 Å². The van der Waals surface area contributed by atoms with E-state index in [9.17, 15) is 4.21 Å². The number of aliphatic imine (C=N–C) groups is 1. The second-order valence-electron chi connectivity index (χ2n) is 4.65. The zero-order valence-corrected chi connectivity index (χ0v) is 15.1. The Balaban J connectivity index is 0.00000242. The zero-order valence-electron chi connectivity index (χ0n) is 13.5. The van der Waals surface area contributed by atoms with Gasteiger partial charge in [0.25, 0.3) is 0 Å². The predicted octanol–water partition coefficient (Wildman–Crippen LogP) is 2.93. The number of methoxy groups -OCH3 is 2. The van der Waals surface area contributed by atoms with Gasteiger partial charge >= 0.3 is 0 Å². The average Bonchev–Trinajstić information content (AvgIpc) is 2.46. The van der Waals surface area contributed by atoms with E-state index in [2.05, 4.69) is 9.36 Å². The van der Waals surface area contributed by atoms with Gasteiger partial charge in [0.1, 0.15) is 0 Å². The Morgan fingerprint density at radius 1 is 1.14 bits per heavy atom. The third-order valence-corrected chi connectivity index (χ3v) is 5.05. The molecule has 1 aromatic rings. The van der Waals surface area contributed by atoms with Crippen LogP contribution in [0.4, 0.5) is 5.69 Å². The van der Waals surface area contributed by atoms with Gasteiger partial charge in [0.15, 0.2) is 11.5 Å². The summed E-state index contributed by atoms with van der Waals surface area (Å²) in [6, 6.07) is 3.44. The van der Waals surface area contributed by atoms with Crippen LogP contribution in [-0.2, 0) is 9.73 Å². The largest absolute Gasteiger partial charge is 0.493 e. The number of hydrogen-bond donors (Lipinski definition) is 0. The van der Waals surface area contributed by atoms with Gasteiger partial charge in [-0.05, 0) is 13.8 Å². The topological polar surface area (TPSA) is 63.5 Å². The average molecular weight is 348 g/mol. The molecule has 0 N–H and O–H groups in total. The number of ether oxygens (including phenoxy) is 2. The molecule has 0 bridgehead atoms.